The molecule has 0 fully saturated rings. The maximum Gasteiger partial charge on any atom is 0.274 e. The molecule has 0 saturated heterocycles. The summed E-state index contributed by atoms with van der Waals surface area (Å²) in [4.78, 5) is 7.97. The van der Waals surface area contributed by atoms with Crippen molar-refractivity contribution in [1.29, 1.82) is 0 Å². The monoisotopic (exact) mass is 244 g/mol. The summed E-state index contributed by atoms with van der Waals surface area (Å²) < 4.78 is 0. The smallest absolute Gasteiger partial charge is 0.274 e. The van der Waals surface area contributed by atoms with Crippen LogP contribution in [0.25, 0.3) is 0 Å². The average molecular weight is 244 g/mol. The van der Waals surface area contributed by atoms with Crippen LogP contribution in [0.5, 0.6) is 0 Å². The maximum absolute atomic E-state index is 4.56. The molecule has 4 heteroatoms. The van der Waals surface area contributed by atoms with Gasteiger partial charge in [-0.15, -0.1) is 0 Å². The summed E-state index contributed by atoms with van der Waals surface area (Å²) in [6.07, 6.45) is 2.38. The molecule has 0 bridgehead atoms. The Kier molecular flexibility index (Phi) is 3.37. The van der Waals surface area contributed by atoms with Crippen LogP contribution < -0.4 is 15.6 Å². The van der Waals surface area contributed by atoms with Gasteiger partial charge in [-0.25, -0.2) is 4.99 Å². The van der Waals surface area contributed by atoms with E-state index in [9.17, 15) is 0 Å². The molecule has 0 amide bonds. The first-order valence-electron chi connectivity index (χ1n) is 6.77. The van der Waals surface area contributed by atoms with Gasteiger partial charge in [0.2, 0.25) is 5.84 Å². The van der Waals surface area contributed by atoms with Gasteiger partial charge in [-0.2, -0.15) is 0 Å². The predicted molar refractivity (Wildman–Crippen MR) is 71.8 cm³/mol. The second-order valence-electron chi connectivity index (χ2n) is 4.77. The Hall–Kier alpha value is -1.68. The molecule has 0 radical (unpaired) electrons. The van der Waals surface area contributed by atoms with Crippen molar-refractivity contribution < 1.29 is 10.3 Å². The molecule has 18 heavy (non-hydrogen) atoms. The van der Waals surface area contributed by atoms with Crippen LogP contribution in [-0.4, -0.2) is 37.9 Å². The molecular weight excluding hydrogens is 224 g/mol. The van der Waals surface area contributed by atoms with Gasteiger partial charge in [0.1, 0.15) is 0 Å². The maximum atomic E-state index is 4.56. The minimum absolute atomic E-state index is 0.966. The molecule has 2 heterocycles. The molecule has 0 aromatic heterocycles. The minimum atomic E-state index is 0.966. The van der Waals surface area contributed by atoms with Crippen LogP contribution in [0.3, 0.4) is 0 Å². The van der Waals surface area contributed by atoms with Crippen molar-refractivity contribution in [3.05, 3.63) is 35.4 Å². The molecular formula is C14H20N4+2. The second-order valence-corrected chi connectivity index (χ2v) is 4.77. The number of hydrogen-bond donors (Lipinski definition) is 3. The van der Waals surface area contributed by atoms with Gasteiger partial charge in [-0.05, 0) is 24.3 Å². The van der Waals surface area contributed by atoms with E-state index in [0.29, 0.717) is 0 Å². The first kappa shape index (κ1) is 11.4. The highest BCUT2D eigenvalue weighted by atomic mass is 15.0. The van der Waals surface area contributed by atoms with Crippen LogP contribution in [0.15, 0.2) is 29.3 Å². The van der Waals surface area contributed by atoms with Gasteiger partial charge in [0.15, 0.2) is 0 Å². The highest BCUT2D eigenvalue weighted by molar-refractivity contribution is 5.96. The Morgan fingerprint density at radius 2 is 1.94 bits per heavy atom. The number of rotatable bonds is 2. The number of aliphatic imine (C=N–C) groups is 1. The quantitative estimate of drug-likeness (QED) is 0.566. The fourth-order valence-corrected chi connectivity index (χ4v) is 2.39. The predicted octanol–water partition coefficient (Wildman–Crippen LogP) is -1.78. The van der Waals surface area contributed by atoms with Crippen LogP contribution in [0.1, 0.15) is 24.0 Å². The highest BCUT2D eigenvalue weighted by Gasteiger charge is 2.15. The van der Waals surface area contributed by atoms with Gasteiger partial charge in [-0.1, -0.05) is 0 Å². The molecule has 1 aromatic rings. The zero-order valence-corrected chi connectivity index (χ0v) is 10.6. The van der Waals surface area contributed by atoms with Crippen LogP contribution in [0, 0.1) is 0 Å². The van der Waals surface area contributed by atoms with E-state index < -0.39 is 0 Å². The summed E-state index contributed by atoms with van der Waals surface area (Å²) >= 11 is 0. The number of amidine groups is 2. The first-order chi connectivity index (χ1) is 8.93. The molecule has 0 saturated carbocycles. The standard InChI is InChI=1S/C14H18N4/c1-7-15-13(16-8-1)11-3-5-12(6-4-11)14-17-9-2-10-18-14/h3-6H,1-2,7-10H2,(H,15,16)(H,17,18)/p+2. The zero-order valence-electron chi connectivity index (χ0n) is 10.6. The second kappa shape index (κ2) is 5.31. The molecule has 0 aliphatic carbocycles. The van der Waals surface area contributed by atoms with Crippen molar-refractivity contribution in [2.75, 3.05) is 26.2 Å². The molecule has 4 nitrogen and oxygen atoms in total. The van der Waals surface area contributed by atoms with Gasteiger partial charge in [0.25, 0.3) is 5.84 Å². The zero-order chi connectivity index (χ0) is 12.2. The summed E-state index contributed by atoms with van der Waals surface area (Å²) in [5.41, 5.74) is 2.46. The fourth-order valence-electron chi connectivity index (χ4n) is 2.39. The molecule has 3 rings (SSSR count). The molecule has 2 aliphatic heterocycles. The number of quaternary nitrogens is 1. The molecule has 4 N–H and O–H groups in total. The van der Waals surface area contributed by atoms with Crippen molar-refractivity contribution in [3.63, 3.8) is 0 Å². The van der Waals surface area contributed by atoms with E-state index in [1.807, 2.05) is 0 Å². The summed E-state index contributed by atoms with van der Waals surface area (Å²) in [7, 11) is 0. The van der Waals surface area contributed by atoms with Crippen LogP contribution >= 0.6 is 0 Å². The number of nitrogens with one attached hydrogen (secondary N) is 2. The van der Waals surface area contributed by atoms with Gasteiger partial charge in [0.05, 0.1) is 37.3 Å². The van der Waals surface area contributed by atoms with Crippen LogP contribution in [-0.2, 0) is 0 Å². The van der Waals surface area contributed by atoms with Gasteiger partial charge in [0, 0.05) is 12.8 Å². The highest BCUT2D eigenvalue weighted by Crippen LogP contribution is 2.04. The normalized spacial score (nSPS) is 19.8. The lowest BCUT2D eigenvalue weighted by Gasteiger charge is -2.11. The summed E-state index contributed by atoms with van der Waals surface area (Å²) in [5, 5.41) is 5.64. The fraction of sp³-hybridized carbons (Fsp3) is 0.429. The Labute approximate surface area is 107 Å². The van der Waals surface area contributed by atoms with Gasteiger partial charge < -0.3 is 0 Å². The van der Waals surface area contributed by atoms with E-state index in [1.54, 1.807) is 0 Å². The van der Waals surface area contributed by atoms with E-state index in [4.69, 9.17) is 0 Å². The summed E-state index contributed by atoms with van der Waals surface area (Å²) in [5.74, 6) is 2.31. The number of benzene rings is 1. The molecule has 0 unspecified atom stereocenters. The summed E-state index contributed by atoms with van der Waals surface area (Å²) in [6, 6.07) is 8.67. The van der Waals surface area contributed by atoms with Crippen molar-refractivity contribution >= 4 is 11.7 Å². The van der Waals surface area contributed by atoms with Crippen molar-refractivity contribution in [2.45, 2.75) is 12.8 Å². The third kappa shape index (κ3) is 2.43. The molecule has 94 valence electrons. The molecule has 0 spiro atoms. The molecule has 0 atom stereocenters. The lowest BCUT2D eigenvalue weighted by molar-refractivity contribution is -0.542. The van der Waals surface area contributed by atoms with E-state index in [2.05, 4.69) is 44.9 Å². The number of nitrogens with two attached hydrogens (primary N) is 1. The van der Waals surface area contributed by atoms with Gasteiger partial charge in [-0.3, -0.25) is 15.6 Å². The van der Waals surface area contributed by atoms with E-state index >= 15 is 0 Å². The number of nitrogens with zero attached hydrogens (tertiary/aromatic N) is 1. The Bertz CT molecular complexity index is 428. The molecule has 2 aliphatic rings. The first-order valence-corrected chi connectivity index (χ1v) is 6.77. The van der Waals surface area contributed by atoms with E-state index in [-0.39, 0.29) is 0 Å². The minimum Gasteiger partial charge on any atom is -0.297 e. The van der Waals surface area contributed by atoms with E-state index in [0.717, 1.165) is 37.9 Å². The van der Waals surface area contributed by atoms with Crippen LogP contribution in [0.2, 0.25) is 0 Å². The Morgan fingerprint density at radius 3 is 2.61 bits per heavy atom. The van der Waals surface area contributed by atoms with Gasteiger partial charge >= 0.3 is 0 Å². The molecule has 1 aromatic carbocycles. The summed E-state index contributed by atoms with van der Waals surface area (Å²) in [6.45, 7) is 4.24. The van der Waals surface area contributed by atoms with Crippen molar-refractivity contribution in [3.8, 4) is 0 Å². The number of hydrogen-bond acceptors (Lipinski definition) is 2. The average Bonchev–Trinajstić information content (AvgIpc) is 2.49. The topological polar surface area (TPSA) is 55.0 Å². The van der Waals surface area contributed by atoms with E-state index in [1.165, 1.54) is 24.0 Å². The van der Waals surface area contributed by atoms with Crippen molar-refractivity contribution in [1.82, 2.24) is 5.32 Å². The Balaban J connectivity index is 1.80. The third-order valence-electron chi connectivity index (χ3n) is 3.41. The largest absolute Gasteiger partial charge is 0.297 e. The SMILES string of the molecule is c1cc(C2=[NH+]CCCN2)ccc1C1=NCCC[NH2+]1. The van der Waals surface area contributed by atoms with Crippen molar-refractivity contribution in [2.24, 2.45) is 4.99 Å². The Morgan fingerprint density at radius 1 is 1.11 bits per heavy atom. The third-order valence-corrected chi connectivity index (χ3v) is 3.41. The lowest BCUT2D eigenvalue weighted by Crippen LogP contribution is -2.89. The lowest BCUT2D eigenvalue weighted by atomic mass is 10.1. The van der Waals surface area contributed by atoms with Crippen LogP contribution in [0.4, 0.5) is 0 Å².